The van der Waals surface area contributed by atoms with Crippen LogP contribution in [0.4, 0.5) is 11.4 Å². The van der Waals surface area contributed by atoms with Crippen LogP contribution in [-0.4, -0.2) is 29.4 Å². The zero-order valence-electron chi connectivity index (χ0n) is 14.6. The molecule has 1 heterocycles. The highest BCUT2D eigenvalue weighted by Gasteiger charge is 2.15. The van der Waals surface area contributed by atoms with Crippen molar-refractivity contribution in [2.75, 3.05) is 17.2 Å². The Morgan fingerprint density at radius 1 is 0.929 bits per heavy atom. The van der Waals surface area contributed by atoms with Crippen molar-refractivity contribution in [2.45, 2.75) is 0 Å². The summed E-state index contributed by atoms with van der Waals surface area (Å²) in [6.45, 7) is -0.481. The van der Waals surface area contributed by atoms with Gasteiger partial charge in [0.2, 0.25) is 0 Å². The number of carbonyl (C=O) groups is 3. The first-order chi connectivity index (χ1) is 13.5. The number of amides is 2. The molecule has 0 radical (unpaired) electrons. The average Bonchev–Trinajstić information content (AvgIpc) is 3.23. The Labute approximate surface area is 165 Å². The number of aromatic nitrogens is 1. The molecular weight excluding hydrogens is 382 g/mol. The largest absolute Gasteiger partial charge is 0.451 e. The molecule has 7 nitrogen and oxygen atoms in total. The highest BCUT2D eigenvalue weighted by atomic mass is 35.5. The van der Waals surface area contributed by atoms with Crippen molar-refractivity contribution >= 4 is 40.8 Å². The van der Waals surface area contributed by atoms with E-state index in [-0.39, 0.29) is 11.3 Å². The number of ether oxygens (including phenoxy) is 1. The summed E-state index contributed by atoms with van der Waals surface area (Å²) in [5.74, 6) is -1.61. The minimum Gasteiger partial charge on any atom is -0.451 e. The van der Waals surface area contributed by atoms with Crippen molar-refractivity contribution < 1.29 is 19.1 Å². The standard InChI is InChI=1S/C20H16ClN3O4/c21-13-7-9-14(10-8-13)23-19(26)15-4-1-2-5-16(15)24-18(25)12-28-20(27)17-6-3-11-22-17/h1-11,22H,12H2,(H,23,26)(H,24,25). The van der Waals surface area contributed by atoms with E-state index in [1.807, 2.05) is 0 Å². The number of H-pyrrole nitrogens is 1. The van der Waals surface area contributed by atoms with Gasteiger partial charge in [0.15, 0.2) is 6.61 Å². The molecule has 2 aromatic carbocycles. The minimum absolute atomic E-state index is 0.246. The van der Waals surface area contributed by atoms with Crippen LogP contribution < -0.4 is 10.6 Å². The molecule has 0 aliphatic carbocycles. The fourth-order valence-electron chi connectivity index (χ4n) is 2.37. The van der Waals surface area contributed by atoms with E-state index in [4.69, 9.17) is 16.3 Å². The maximum atomic E-state index is 12.5. The number of hydrogen-bond donors (Lipinski definition) is 3. The van der Waals surface area contributed by atoms with E-state index in [0.29, 0.717) is 16.4 Å². The SMILES string of the molecule is O=C(COC(=O)c1ccc[nH]1)Nc1ccccc1C(=O)Nc1ccc(Cl)cc1. The first kappa shape index (κ1) is 19.2. The van der Waals surface area contributed by atoms with Gasteiger partial charge in [-0.3, -0.25) is 9.59 Å². The Hall–Kier alpha value is -3.58. The number of nitrogens with one attached hydrogen (secondary N) is 3. The number of hydrogen-bond acceptors (Lipinski definition) is 4. The van der Waals surface area contributed by atoms with Crippen molar-refractivity contribution in [1.29, 1.82) is 0 Å². The maximum absolute atomic E-state index is 12.5. The van der Waals surface area contributed by atoms with E-state index in [9.17, 15) is 14.4 Å². The molecule has 0 saturated heterocycles. The van der Waals surface area contributed by atoms with Crippen molar-refractivity contribution in [3.05, 3.63) is 83.1 Å². The number of halogens is 1. The van der Waals surface area contributed by atoms with Gasteiger partial charge in [-0.2, -0.15) is 0 Å². The van der Waals surface area contributed by atoms with E-state index >= 15 is 0 Å². The van der Waals surface area contributed by atoms with Crippen molar-refractivity contribution in [1.82, 2.24) is 4.98 Å². The van der Waals surface area contributed by atoms with E-state index in [0.717, 1.165) is 0 Å². The average molecular weight is 398 g/mol. The van der Waals surface area contributed by atoms with Crippen LogP contribution in [0.2, 0.25) is 5.02 Å². The molecule has 8 heteroatoms. The van der Waals surface area contributed by atoms with Crippen LogP contribution in [0.25, 0.3) is 0 Å². The summed E-state index contributed by atoms with van der Waals surface area (Å²) in [6.07, 6.45) is 1.58. The van der Waals surface area contributed by atoms with Crippen LogP contribution in [0.5, 0.6) is 0 Å². The fraction of sp³-hybridized carbons (Fsp3) is 0.0500. The number of aromatic amines is 1. The van der Waals surface area contributed by atoms with Crippen molar-refractivity contribution in [2.24, 2.45) is 0 Å². The lowest BCUT2D eigenvalue weighted by atomic mass is 10.1. The molecule has 142 valence electrons. The van der Waals surface area contributed by atoms with E-state index in [1.165, 1.54) is 6.07 Å². The van der Waals surface area contributed by atoms with Gasteiger partial charge in [0.1, 0.15) is 5.69 Å². The molecule has 0 unspecified atom stereocenters. The summed E-state index contributed by atoms with van der Waals surface area (Å²) in [7, 11) is 0. The third-order valence-electron chi connectivity index (χ3n) is 3.70. The maximum Gasteiger partial charge on any atom is 0.355 e. The summed E-state index contributed by atoms with van der Waals surface area (Å²) >= 11 is 5.83. The predicted octanol–water partition coefficient (Wildman–Crippen LogP) is 3.72. The lowest BCUT2D eigenvalue weighted by Gasteiger charge is -2.11. The first-order valence-corrected chi connectivity index (χ1v) is 8.67. The lowest BCUT2D eigenvalue weighted by molar-refractivity contribution is -0.119. The first-order valence-electron chi connectivity index (χ1n) is 8.29. The molecular formula is C20H16ClN3O4. The van der Waals surface area contributed by atoms with Gasteiger partial charge in [-0.05, 0) is 48.5 Å². The van der Waals surface area contributed by atoms with Gasteiger partial charge in [0, 0.05) is 16.9 Å². The quantitative estimate of drug-likeness (QED) is 0.552. The molecule has 3 rings (SSSR count). The van der Waals surface area contributed by atoms with Gasteiger partial charge in [-0.15, -0.1) is 0 Å². The van der Waals surface area contributed by atoms with E-state index in [2.05, 4.69) is 15.6 Å². The van der Waals surface area contributed by atoms with Crippen LogP contribution >= 0.6 is 11.6 Å². The second-order valence-electron chi connectivity index (χ2n) is 5.71. The van der Waals surface area contributed by atoms with Gasteiger partial charge in [0.05, 0.1) is 11.3 Å². The lowest BCUT2D eigenvalue weighted by Crippen LogP contribution is -2.23. The molecule has 3 N–H and O–H groups in total. The van der Waals surface area contributed by atoms with Crippen LogP contribution in [0.15, 0.2) is 66.9 Å². The number of benzene rings is 2. The van der Waals surface area contributed by atoms with Crippen LogP contribution in [0.1, 0.15) is 20.8 Å². The predicted molar refractivity (Wildman–Crippen MR) is 106 cm³/mol. The van der Waals surface area contributed by atoms with Gasteiger partial charge in [-0.1, -0.05) is 23.7 Å². The van der Waals surface area contributed by atoms with Gasteiger partial charge >= 0.3 is 5.97 Å². The van der Waals surface area contributed by atoms with Crippen LogP contribution in [0.3, 0.4) is 0 Å². The molecule has 0 aliphatic heterocycles. The molecule has 1 aromatic heterocycles. The number of rotatable bonds is 6. The fourth-order valence-corrected chi connectivity index (χ4v) is 2.50. The highest BCUT2D eigenvalue weighted by molar-refractivity contribution is 6.30. The number of para-hydroxylation sites is 1. The Bertz CT molecular complexity index is 985. The summed E-state index contributed by atoms with van der Waals surface area (Å²) in [5.41, 5.74) is 1.38. The van der Waals surface area contributed by atoms with Crippen LogP contribution in [-0.2, 0) is 9.53 Å². The molecule has 0 bridgehead atoms. The van der Waals surface area contributed by atoms with Crippen LogP contribution in [0, 0.1) is 0 Å². The molecule has 0 aliphatic rings. The Morgan fingerprint density at radius 3 is 2.39 bits per heavy atom. The second kappa shape index (κ2) is 8.88. The number of anilines is 2. The topological polar surface area (TPSA) is 100 Å². The monoisotopic (exact) mass is 397 g/mol. The van der Waals surface area contributed by atoms with Gasteiger partial charge in [0.25, 0.3) is 11.8 Å². The summed E-state index contributed by atoms with van der Waals surface area (Å²) in [6, 6.07) is 16.4. The van der Waals surface area contributed by atoms with Crippen molar-refractivity contribution in [3.8, 4) is 0 Å². The third-order valence-corrected chi connectivity index (χ3v) is 3.95. The number of esters is 1. The molecule has 0 saturated carbocycles. The Morgan fingerprint density at radius 2 is 1.68 bits per heavy atom. The molecule has 28 heavy (non-hydrogen) atoms. The molecule has 0 atom stereocenters. The molecule has 3 aromatic rings. The summed E-state index contributed by atoms with van der Waals surface area (Å²) in [5, 5.41) is 5.86. The van der Waals surface area contributed by atoms with E-state index < -0.39 is 24.4 Å². The van der Waals surface area contributed by atoms with Gasteiger partial charge in [-0.25, -0.2) is 4.79 Å². The highest BCUT2D eigenvalue weighted by Crippen LogP contribution is 2.19. The Balaban J connectivity index is 1.62. The summed E-state index contributed by atoms with van der Waals surface area (Å²) < 4.78 is 4.93. The molecule has 2 amide bonds. The Kier molecular flexibility index (Phi) is 6.08. The zero-order valence-corrected chi connectivity index (χ0v) is 15.3. The minimum atomic E-state index is -0.645. The summed E-state index contributed by atoms with van der Waals surface area (Å²) in [4.78, 5) is 39.1. The van der Waals surface area contributed by atoms with E-state index in [1.54, 1.807) is 60.8 Å². The van der Waals surface area contributed by atoms with Crippen molar-refractivity contribution in [3.63, 3.8) is 0 Å². The number of carbonyl (C=O) groups excluding carboxylic acids is 3. The zero-order chi connectivity index (χ0) is 19.9. The normalized spacial score (nSPS) is 10.2. The van der Waals surface area contributed by atoms with Gasteiger partial charge < -0.3 is 20.4 Å². The second-order valence-corrected chi connectivity index (χ2v) is 6.15. The smallest absolute Gasteiger partial charge is 0.355 e. The third kappa shape index (κ3) is 4.99. The molecule has 0 fully saturated rings. The molecule has 0 spiro atoms.